The van der Waals surface area contributed by atoms with Gasteiger partial charge in [0.1, 0.15) is 5.75 Å². The van der Waals surface area contributed by atoms with Crippen molar-refractivity contribution in [2.45, 2.75) is 45.1 Å². The zero-order valence-electron chi connectivity index (χ0n) is 22.5. The molecule has 0 aliphatic rings. The lowest BCUT2D eigenvalue weighted by molar-refractivity contribution is -0.259. The van der Waals surface area contributed by atoms with Gasteiger partial charge in [0.2, 0.25) is 0 Å². The van der Waals surface area contributed by atoms with E-state index < -0.39 is 11.8 Å². The quantitative estimate of drug-likeness (QED) is 0.113. The Morgan fingerprint density at radius 1 is 0.900 bits per heavy atom. The first-order chi connectivity index (χ1) is 19.4. The molecule has 40 heavy (non-hydrogen) atoms. The van der Waals surface area contributed by atoms with Crippen molar-refractivity contribution in [1.29, 1.82) is 0 Å². The summed E-state index contributed by atoms with van der Waals surface area (Å²) < 4.78 is 11.1. The molecule has 0 aliphatic heterocycles. The number of unbranched alkanes of at least 4 members (excludes halogenated alkanes) is 3. The van der Waals surface area contributed by atoms with Crippen LogP contribution in [0.4, 0.5) is 0 Å². The van der Waals surface area contributed by atoms with E-state index in [2.05, 4.69) is 6.92 Å². The van der Waals surface area contributed by atoms with Crippen molar-refractivity contribution in [3.63, 3.8) is 0 Å². The summed E-state index contributed by atoms with van der Waals surface area (Å²) in [6, 6.07) is 24.8. The van der Waals surface area contributed by atoms with Crippen LogP contribution >= 0.6 is 0 Å². The molecule has 8 heteroatoms. The van der Waals surface area contributed by atoms with E-state index in [0.29, 0.717) is 17.9 Å². The van der Waals surface area contributed by atoms with Crippen molar-refractivity contribution >= 4 is 12.4 Å². The van der Waals surface area contributed by atoms with Gasteiger partial charge in [-0.3, -0.25) is 14.5 Å². The third-order valence-corrected chi connectivity index (χ3v) is 6.30. The normalized spacial score (nSPS) is 10.8. The third kappa shape index (κ3) is 8.05. The summed E-state index contributed by atoms with van der Waals surface area (Å²) in [5.74, 6) is -2.80. The average Bonchev–Trinajstić information content (AvgIpc) is 3.52. The first kappa shape index (κ1) is 30.1. The van der Waals surface area contributed by atoms with Crippen LogP contribution in [0.25, 0.3) is 11.1 Å². The maximum absolute atomic E-state index is 13.8. The SMILES string of the molecule is CCCCCCOc1ccccc1C(O)(O)N(Cc1ccccc1)C(=O)c1ccc(-c2ccoc2)cc1.O=CO. The largest absolute Gasteiger partial charge is 0.493 e. The Bertz CT molecular complexity index is 1300. The molecular weight excluding hydrogens is 510 g/mol. The number of ether oxygens (including phenoxy) is 1. The topological polar surface area (TPSA) is 120 Å². The summed E-state index contributed by atoms with van der Waals surface area (Å²) in [6.07, 6.45) is 7.35. The van der Waals surface area contributed by atoms with Gasteiger partial charge in [0, 0.05) is 11.1 Å². The minimum atomic E-state index is -2.61. The molecule has 0 aliphatic carbocycles. The van der Waals surface area contributed by atoms with Crippen LogP contribution < -0.4 is 4.74 Å². The molecule has 1 amide bonds. The van der Waals surface area contributed by atoms with Crippen LogP contribution in [0.5, 0.6) is 5.75 Å². The molecule has 4 aromatic rings. The molecule has 3 aromatic carbocycles. The molecule has 0 unspecified atom stereocenters. The number of para-hydroxylation sites is 1. The number of furan rings is 1. The molecule has 0 atom stereocenters. The Morgan fingerprint density at radius 3 is 2.23 bits per heavy atom. The van der Waals surface area contributed by atoms with Gasteiger partial charge in [0.25, 0.3) is 18.3 Å². The van der Waals surface area contributed by atoms with Crippen LogP contribution in [-0.2, 0) is 17.3 Å². The number of nitrogens with zero attached hydrogens (tertiary/aromatic N) is 1. The van der Waals surface area contributed by atoms with Gasteiger partial charge in [-0.05, 0) is 47.9 Å². The van der Waals surface area contributed by atoms with Crippen molar-refractivity contribution in [2.24, 2.45) is 0 Å². The Balaban J connectivity index is 0.00000141. The lowest BCUT2D eigenvalue weighted by Crippen LogP contribution is -2.49. The van der Waals surface area contributed by atoms with Gasteiger partial charge in [-0.1, -0.05) is 80.8 Å². The number of benzene rings is 3. The number of carbonyl (C=O) groups is 2. The highest BCUT2D eigenvalue weighted by molar-refractivity contribution is 5.95. The van der Waals surface area contributed by atoms with Crippen LogP contribution in [0.1, 0.15) is 54.1 Å². The number of hydrogen-bond donors (Lipinski definition) is 3. The Kier molecular flexibility index (Phi) is 11.5. The standard InChI is InChI=1S/C31H33NO5.CH2O2/c1-2-3-4-10-20-37-29-14-9-8-13-28(29)31(34,35)32(22-24-11-6-5-7-12-24)30(33)26-17-15-25(16-18-26)27-19-21-36-23-27;2-1-3/h5-9,11-19,21,23,34-35H,2-4,10,20,22H2,1H3;1H,(H,2,3). The number of hydrogen-bond acceptors (Lipinski definition) is 6. The predicted molar refractivity (Wildman–Crippen MR) is 151 cm³/mol. The molecule has 0 fully saturated rings. The lowest BCUT2D eigenvalue weighted by Gasteiger charge is -2.36. The van der Waals surface area contributed by atoms with Gasteiger partial charge >= 0.3 is 0 Å². The molecule has 0 radical (unpaired) electrons. The van der Waals surface area contributed by atoms with Crippen molar-refractivity contribution < 1.29 is 34.1 Å². The molecule has 1 heterocycles. The first-order valence-electron chi connectivity index (χ1n) is 13.2. The minimum Gasteiger partial charge on any atom is -0.493 e. The highest BCUT2D eigenvalue weighted by atomic mass is 16.5. The zero-order chi connectivity index (χ0) is 28.8. The van der Waals surface area contributed by atoms with E-state index in [-0.39, 0.29) is 18.6 Å². The Morgan fingerprint density at radius 2 is 1.57 bits per heavy atom. The summed E-state index contributed by atoms with van der Waals surface area (Å²) in [4.78, 5) is 23.2. The predicted octanol–water partition coefficient (Wildman–Crippen LogP) is 6.04. The number of rotatable bonds is 12. The molecule has 8 nitrogen and oxygen atoms in total. The van der Waals surface area contributed by atoms with E-state index >= 15 is 0 Å². The van der Waals surface area contributed by atoms with Gasteiger partial charge in [0.05, 0.1) is 31.2 Å². The second-order valence-electron chi connectivity index (χ2n) is 9.11. The third-order valence-electron chi connectivity index (χ3n) is 6.30. The van der Waals surface area contributed by atoms with E-state index in [1.54, 1.807) is 48.9 Å². The Labute approximate surface area is 234 Å². The smallest absolute Gasteiger partial charge is 0.290 e. The molecule has 1 aromatic heterocycles. The van der Waals surface area contributed by atoms with E-state index in [0.717, 1.165) is 47.3 Å². The number of carboxylic acid groups (broad SMARTS) is 1. The van der Waals surface area contributed by atoms with Gasteiger partial charge in [-0.2, -0.15) is 0 Å². The van der Waals surface area contributed by atoms with Gasteiger partial charge < -0.3 is 24.5 Å². The maximum Gasteiger partial charge on any atom is 0.290 e. The molecule has 3 N–H and O–H groups in total. The zero-order valence-corrected chi connectivity index (χ0v) is 22.5. The highest BCUT2D eigenvalue weighted by Crippen LogP contribution is 2.34. The lowest BCUT2D eigenvalue weighted by atomic mass is 10.0. The van der Waals surface area contributed by atoms with Crippen LogP contribution in [0.3, 0.4) is 0 Å². The first-order valence-corrected chi connectivity index (χ1v) is 13.2. The molecule has 0 bridgehead atoms. The fourth-order valence-electron chi connectivity index (χ4n) is 4.21. The molecule has 210 valence electrons. The van der Waals surface area contributed by atoms with Crippen molar-refractivity contribution in [3.05, 3.63) is 114 Å². The van der Waals surface area contributed by atoms with Crippen molar-refractivity contribution in [1.82, 2.24) is 4.90 Å². The summed E-state index contributed by atoms with van der Waals surface area (Å²) in [7, 11) is 0. The monoisotopic (exact) mass is 545 g/mol. The molecule has 0 spiro atoms. The van der Waals surface area contributed by atoms with Gasteiger partial charge in [-0.15, -0.1) is 0 Å². The molecule has 0 saturated carbocycles. The van der Waals surface area contributed by atoms with Crippen LogP contribution in [0.15, 0.2) is 102 Å². The minimum absolute atomic E-state index is 0.0129. The molecule has 0 saturated heterocycles. The van der Waals surface area contributed by atoms with Gasteiger partial charge in [-0.25, -0.2) is 0 Å². The second-order valence-corrected chi connectivity index (χ2v) is 9.11. The van der Waals surface area contributed by atoms with E-state index in [1.165, 1.54) is 0 Å². The maximum atomic E-state index is 13.8. The fraction of sp³-hybridized carbons (Fsp3) is 0.250. The van der Waals surface area contributed by atoms with E-state index in [4.69, 9.17) is 19.1 Å². The van der Waals surface area contributed by atoms with Crippen LogP contribution in [-0.4, -0.2) is 39.2 Å². The number of carbonyl (C=O) groups excluding carboxylic acids is 1. The Hall–Kier alpha value is -4.40. The molecular formula is C32H35NO7. The molecule has 4 rings (SSSR count). The van der Waals surface area contributed by atoms with Crippen LogP contribution in [0, 0.1) is 0 Å². The van der Waals surface area contributed by atoms with Crippen LogP contribution in [0.2, 0.25) is 0 Å². The second kappa shape index (κ2) is 15.3. The van der Waals surface area contributed by atoms with Crippen molar-refractivity contribution in [3.8, 4) is 16.9 Å². The van der Waals surface area contributed by atoms with E-state index in [1.807, 2.05) is 48.5 Å². The summed E-state index contributed by atoms with van der Waals surface area (Å²) in [5, 5.41) is 30.0. The summed E-state index contributed by atoms with van der Waals surface area (Å²) >= 11 is 0. The summed E-state index contributed by atoms with van der Waals surface area (Å²) in [6.45, 7) is 2.33. The van der Waals surface area contributed by atoms with E-state index in [9.17, 15) is 15.0 Å². The highest BCUT2D eigenvalue weighted by Gasteiger charge is 2.40. The average molecular weight is 546 g/mol. The number of aliphatic hydroxyl groups is 2. The number of amides is 1. The fourth-order valence-corrected chi connectivity index (χ4v) is 4.21. The van der Waals surface area contributed by atoms with Crippen molar-refractivity contribution in [2.75, 3.05) is 6.61 Å². The summed E-state index contributed by atoms with van der Waals surface area (Å²) in [5.41, 5.74) is 2.99. The van der Waals surface area contributed by atoms with Gasteiger partial charge in [0.15, 0.2) is 0 Å².